The Hall–Kier alpha value is -1.18. The van der Waals surface area contributed by atoms with E-state index in [0.717, 1.165) is 12.1 Å². The van der Waals surface area contributed by atoms with Crippen LogP contribution >= 0.6 is 19.4 Å². The highest BCUT2D eigenvalue weighted by atomic mass is 35.5. The molecule has 8 nitrogen and oxygen atoms in total. The highest BCUT2D eigenvalue weighted by Gasteiger charge is 2.25. The van der Waals surface area contributed by atoms with Crippen LogP contribution in [-0.2, 0) is 9.09 Å². The number of halogens is 1. The fourth-order valence-electron chi connectivity index (χ4n) is 1.28. The van der Waals surface area contributed by atoms with Gasteiger partial charge in [0.1, 0.15) is 23.9 Å². The second-order valence-corrected chi connectivity index (χ2v) is 7.06. The summed E-state index contributed by atoms with van der Waals surface area (Å²) in [7, 11) is 1.42. The Bertz CT molecular complexity index is 574. The van der Waals surface area contributed by atoms with Crippen molar-refractivity contribution in [1.29, 1.82) is 0 Å². The van der Waals surface area contributed by atoms with Gasteiger partial charge in [0.15, 0.2) is 0 Å². The number of hydrogen-bond donors (Lipinski definition) is 1. The summed E-state index contributed by atoms with van der Waals surface area (Å²) in [6.07, 6.45) is 0. The predicted molar refractivity (Wildman–Crippen MR) is 77.4 cm³/mol. The molecule has 0 aliphatic carbocycles. The van der Waals surface area contributed by atoms with E-state index in [1.807, 2.05) is 21.1 Å². The predicted octanol–water partition coefficient (Wildman–Crippen LogP) is 2.45. The molecule has 118 valence electrons. The number of nitro groups is 1. The third-order valence-corrected chi connectivity index (χ3v) is 3.61. The van der Waals surface area contributed by atoms with Gasteiger partial charge in [0.25, 0.3) is 5.69 Å². The molecule has 0 spiro atoms. The van der Waals surface area contributed by atoms with E-state index < -0.39 is 12.7 Å². The van der Waals surface area contributed by atoms with Gasteiger partial charge in [-0.1, -0.05) is 11.6 Å². The molecule has 0 radical (unpaired) electrons. The van der Waals surface area contributed by atoms with Gasteiger partial charge in [-0.05, 0) is 6.07 Å². The van der Waals surface area contributed by atoms with Crippen LogP contribution < -0.4 is 4.52 Å². The number of phosphoric acid groups is 1. The summed E-state index contributed by atoms with van der Waals surface area (Å²) in [5.74, 6) is -0.0818. The molecule has 10 heteroatoms. The van der Waals surface area contributed by atoms with Crippen molar-refractivity contribution >= 4 is 25.1 Å². The Morgan fingerprint density at radius 1 is 1.43 bits per heavy atom. The van der Waals surface area contributed by atoms with E-state index in [9.17, 15) is 19.6 Å². The molecule has 0 amide bonds. The lowest BCUT2D eigenvalue weighted by atomic mass is 10.3. The highest BCUT2D eigenvalue weighted by Crippen LogP contribution is 2.44. The molecular weight excluding hydrogens is 323 g/mol. The topological polar surface area (TPSA) is 98.9 Å². The average Bonchev–Trinajstić information content (AvgIpc) is 2.25. The van der Waals surface area contributed by atoms with Crippen LogP contribution in [0.3, 0.4) is 0 Å². The van der Waals surface area contributed by atoms with E-state index in [0.29, 0.717) is 11.0 Å². The normalized spacial score (nSPS) is 14.5. The Labute approximate surface area is 127 Å². The van der Waals surface area contributed by atoms with Gasteiger partial charge in [-0.2, -0.15) is 0 Å². The molecule has 0 heterocycles. The number of phosphoric ester groups is 1. The van der Waals surface area contributed by atoms with Gasteiger partial charge in [-0.15, -0.1) is 0 Å². The van der Waals surface area contributed by atoms with Crippen molar-refractivity contribution in [1.82, 2.24) is 0 Å². The first-order chi connectivity index (χ1) is 9.50. The standard InChI is InChI=1S/C11H16ClN2O6P/c1-14(2,3)6-7-19-21(17,18)20-9-4-5-11(13(15)16)10(12)8-9/h4-5,8H,6-7H2,1-3H3/p+1. The van der Waals surface area contributed by atoms with E-state index in [1.165, 1.54) is 6.07 Å². The first kappa shape index (κ1) is 17.9. The molecule has 21 heavy (non-hydrogen) atoms. The van der Waals surface area contributed by atoms with E-state index in [4.69, 9.17) is 20.6 Å². The van der Waals surface area contributed by atoms with Gasteiger partial charge in [0.05, 0.1) is 26.1 Å². The Kier molecular flexibility index (Phi) is 5.72. The molecule has 1 rings (SSSR count). The molecule has 1 unspecified atom stereocenters. The number of rotatable bonds is 7. The van der Waals surface area contributed by atoms with Crippen LogP contribution in [0.2, 0.25) is 5.02 Å². The Morgan fingerprint density at radius 3 is 2.52 bits per heavy atom. The molecule has 0 saturated carbocycles. The van der Waals surface area contributed by atoms with E-state index >= 15 is 0 Å². The quantitative estimate of drug-likeness (QED) is 0.354. The van der Waals surface area contributed by atoms with E-state index in [1.54, 1.807) is 0 Å². The molecule has 1 atom stereocenters. The summed E-state index contributed by atoms with van der Waals surface area (Å²) in [6.45, 7) is 0.535. The van der Waals surface area contributed by atoms with Crippen LogP contribution in [0.15, 0.2) is 18.2 Å². The van der Waals surface area contributed by atoms with Gasteiger partial charge in [-0.25, -0.2) is 4.57 Å². The van der Waals surface area contributed by atoms with Crippen LogP contribution in [0.4, 0.5) is 5.69 Å². The van der Waals surface area contributed by atoms with Crippen molar-refractivity contribution in [3.63, 3.8) is 0 Å². The molecule has 0 saturated heterocycles. The van der Waals surface area contributed by atoms with Crippen LogP contribution in [0.25, 0.3) is 0 Å². The first-order valence-corrected chi connectivity index (χ1v) is 7.79. The molecule has 0 aliphatic rings. The zero-order valence-electron chi connectivity index (χ0n) is 11.9. The van der Waals surface area contributed by atoms with Crippen LogP contribution in [0.1, 0.15) is 0 Å². The monoisotopic (exact) mass is 339 g/mol. The second kappa shape index (κ2) is 6.72. The van der Waals surface area contributed by atoms with Crippen molar-refractivity contribution in [2.75, 3.05) is 34.3 Å². The van der Waals surface area contributed by atoms with Crippen molar-refractivity contribution < 1.29 is 27.9 Å². The maximum Gasteiger partial charge on any atom is 0.527 e. The van der Waals surface area contributed by atoms with Crippen molar-refractivity contribution in [3.05, 3.63) is 33.3 Å². The smallest absolute Gasteiger partial charge is 0.404 e. The van der Waals surface area contributed by atoms with Crippen LogP contribution in [0.5, 0.6) is 5.75 Å². The zero-order valence-corrected chi connectivity index (χ0v) is 13.5. The fraction of sp³-hybridized carbons (Fsp3) is 0.455. The Morgan fingerprint density at radius 2 is 2.05 bits per heavy atom. The molecule has 1 aromatic rings. The van der Waals surface area contributed by atoms with Crippen molar-refractivity contribution in [2.45, 2.75) is 0 Å². The van der Waals surface area contributed by atoms with Gasteiger partial charge >= 0.3 is 7.82 Å². The van der Waals surface area contributed by atoms with Gasteiger partial charge in [0, 0.05) is 12.1 Å². The number of nitrogens with zero attached hydrogens (tertiary/aromatic N) is 2. The summed E-state index contributed by atoms with van der Waals surface area (Å²) in [6, 6.07) is 3.35. The van der Waals surface area contributed by atoms with Gasteiger partial charge in [-0.3, -0.25) is 19.5 Å². The lowest BCUT2D eigenvalue weighted by Crippen LogP contribution is -2.37. The fourth-order valence-corrected chi connectivity index (χ4v) is 2.27. The summed E-state index contributed by atoms with van der Waals surface area (Å²) in [4.78, 5) is 19.5. The number of hydrogen-bond acceptors (Lipinski definition) is 5. The highest BCUT2D eigenvalue weighted by molar-refractivity contribution is 7.47. The Balaban J connectivity index is 2.69. The molecule has 0 aliphatic heterocycles. The lowest BCUT2D eigenvalue weighted by molar-refractivity contribution is -0.870. The second-order valence-electron chi connectivity index (χ2n) is 5.28. The van der Waals surface area contributed by atoms with E-state index in [-0.39, 0.29) is 23.1 Å². The van der Waals surface area contributed by atoms with Crippen LogP contribution in [0, 0.1) is 10.1 Å². The minimum absolute atomic E-state index is 0.0258. The third-order valence-electron chi connectivity index (χ3n) is 2.35. The third kappa shape index (κ3) is 6.41. The first-order valence-electron chi connectivity index (χ1n) is 5.91. The van der Waals surface area contributed by atoms with Gasteiger partial charge in [0.2, 0.25) is 0 Å². The summed E-state index contributed by atoms with van der Waals surface area (Å²) in [5, 5.41) is 10.4. The zero-order chi connectivity index (χ0) is 16.3. The SMILES string of the molecule is C[N+](C)(C)CCOP(=O)(O)Oc1ccc([N+](=O)[O-])c(Cl)c1. The molecular formula is C11H17ClN2O6P+. The number of quaternary nitrogens is 1. The lowest BCUT2D eigenvalue weighted by Gasteiger charge is -2.24. The molecule has 0 bridgehead atoms. The minimum atomic E-state index is -4.30. The molecule has 1 aromatic carbocycles. The summed E-state index contributed by atoms with van der Waals surface area (Å²) in [5.41, 5.74) is -0.317. The van der Waals surface area contributed by atoms with E-state index in [2.05, 4.69) is 0 Å². The molecule has 0 aromatic heterocycles. The largest absolute Gasteiger partial charge is 0.527 e. The van der Waals surface area contributed by atoms with Crippen molar-refractivity contribution in [2.24, 2.45) is 0 Å². The number of likely N-dealkylation sites (N-methyl/N-ethyl adjacent to an activating group) is 1. The van der Waals surface area contributed by atoms with Crippen LogP contribution in [-0.4, -0.2) is 48.6 Å². The maximum atomic E-state index is 11.7. The summed E-state index contributed by atoms with van der Waals surface area (Å²) >= 11 is 5.68. The molecule has 1 N–H and O–H groups in total. The van der Waals surface area contributed by atoms with Crippen molar-refractivity contribution in [3.8, 4) is 5.75 Å². The van der Waals surface area contributed by atoms with Gasteiger partial charge < -0.3 is 9.01 Å². The minimum Gasteiger partial charge on any atom is -0.404 e. The number of benzene rings is 1. The summed E-state index contributed by atoms with van der Waals surface area (Å²) < 4.78 is 21.9. The maximum absolute atomic E-state index is 11.7. The number of nitro benzene ring substituents is 1. The molecule has 0 fully saturated rings. The average molecular weight is 340 g/mol.